The fraction of sp³-hybridized carbons (Fsp3) is 0.364. The number of benzene rings is 1. The number of nitrogens with one attached hydrogen (secondary N) is 1. The summed E-state index contributed by atoms with van der Waals surface area (Å²) in [6.45, 7) is 0.713. The van der Waals surface area contributed by atoms with Crippen molar-refractivity contribution in [1.82, 2.24) is 5.32 Å². The van der Waals surface area contributed by atoms with E-state index in [-0.39, 0.29) is 5.91 Å². The number of rotatable bonds is 1. The van der Waals surface area contributed by atoms with Gasteiger partial charge in [0.05, 0.1) is 18.0 Å². The summed E-state index contributed by atoms with van der Waals surface area (Å²) in [5.74, 6) is 0.863. The average Bonchev–Trinajstić information content (AvgIpc) is 2.37. The van der Waals surface area contributed by atoms with Crippen molar-refractivity contribution in [2.45, 2.75) is 12.8 Å². The number of ether oxygens (including phenoxy) is 1. The second kappa shape index (κ2) is 4.23. The minimum absolute atomic E-state index is 0.0816. The van der Waals surface area contributed by atoms with Crippen LogP contribution in [0.2, 0.25) is 0 Å². The molecule has 0 radical (unpaired) electrons. The van der Waals surface area contributed by atoms with Crippen LogP contribution in [-0.4, -0.2) is 19.6 Å². The average molecular weight is 270 g/mol. The Morgan fingerprint density at radius 2 is 2.20 bits per heavy atom. The van der Waals surface area contributed by atoms with E-state index < -0.39 is 0 Å². The number of methoxy groups -OCH3 is 1. The van der Waals surface area contributed by atoms with Crippen LogP contribution >= 0.6 is 15.9 Å². The van der Waals surface area contributed by atoms with Gasteiger partial charge in [0.2, 0.25) is 5.91 Å². The zero-order valence-corrected chi connectivity index (χ0v) is 10.1. The second-order valence-corrected chi connectivity index (χ2v) is 4.39. The van der Waals surface area contributed by atoms with Crippen molar-refractivity contribution >= 4 is 21.8 Å². The molecule has 0 unspecified atom stereocenters. The number of fused-ring (bicyclic) bond motifs is 1. The van der Waals surface area contributed by atoms with Crippen LogP contribution < -0.4 is 10.1 Å². The van der Waals surface area contributed by atoms with Gasteiger partial charge in [-0.05, 0) is 45.6 Å². The number of hydrogen-bond donors (Lipinski definition) is 1. The Kier molecular flexibility index (Phi) is 2.95. The van der Waals surface area contributed by atoms with Gasteiger partial charge < -0.3 is 10.1 Å². The van der Waals surface area contributed by atoms with E-state index in [9.17, 15) is 4.79 Å². The molecule has 3 nitrogen and oxygen atoms in total. The van der Waals surface area contributed by atoms with Crippen LogP contribution in [0.4, 0.5) is 0 Å². The van der Waals surface area contributed by atoms with Gasteiger partial charge in [0.15, 0.2) is 0 Å². The summed E-state index contributed by atoms with van der Waals surface area (Å²) in [6.07, 6.45) is 1.32. The molecule has 0 atom stereocenters. The van der Waals surface area contributed by atoms with Crippen LogP contribution in [0.15, 0.2) is 16.6 Å². The van der Waals surface area contributed by atoms with Gasteiger partial charge in [-0.3, -0.25) is 4.79 Å². The zero-order chi connectivity index (χ0) is 10.8. The second-order valence-electron chi connectivity index (χ2n) is 3.53. The highest BCUT2D eigenvalue weighted by molar-refractivity contribution is 9.10. The normalized spacial score (nSPS) is 15.2. The number of hydrogen-bond acceptors (Lipinski definition) is 2. The van der Waals surface area contributed by atoms with Crippen molar-refractivity contribution in [2.75, 3.05) is 13.7 Å². The van der Waals surface area contributed by atoms with E-state index in [1.807, 2.05) is 12.1 Å². The highest BCUT2D eigenvalue weighted by atomic mass is 79.9. The molecule has 0 spiro atoms. The highest BCUT2D eigenvalue weighted by Gasteiger charge is 2.15. The van der Waals surface area contributed by atoms with Gasteiger partial charge in [-0.25, -0.2) is 0 Å². The van der Waals surface area contributed by atoms with Crippen molar-refractivity contribution in [3.05, 3.63) is 27.7 Å². The fourth-order valence-corrected chi connectivity index (χ4v) is 2.32. The molecular formula is C11H12BrNO2. The first kappa shape index (κ1) is 10.5. The van der Waals surface area contributed by atoms with Crippen LogP contribution in [0.5, 0.6) is 5.75 Å². The summed E-state index contributed by atoms with van der Waals surface area (Å²) in [7, 11) is 1.63. The van der Waals surface area contributed by atoms with Gasteiger partial charge in [-0.15, -0.1) is 0 Å². The summed E-state index contributed by atoms with van der Waals surface area (Å²) in [5.41, 5.74) is 2.27. The first-order valence-electron chi connectivity index (χ1n) is 4.82. The van der Waals surface area contributed by atoms with E-state index in [4.69, 9.17) is 4.74 Å². The summed E-state index contributed by atoms with van der Waals surface area (Å²) in [6, 6.07) is 3.97. The van der Waals surface area contributed by atoms with Crippen molar-refractivity contribution in [2.24, 2.45) is 0 Å². The first-order chi connectivity index (χ1) is 7.20. The molecule has 15 heavy (non-hydrogen) atoms. The van der Waals surface area contributed by atoms with E-state index in [0.717, 1.165) is 22.2 Å². The fourth-order valence-electron chi connectivity index (χ4n) is 1.76. The van der Waals surface area contributed by atoms with E-state index >= 15 is 0 Å². The molecule has 1 heterocycles. The lowest BCUT2D eigenvalue weighted by Gasteiger charge is -2.09. The van der Waals surface area contributed by atoms with E-state index in [1.54, 1.807) is 7.11 Å². The molecule has 2 rings (SSSR count). The number of carbonyl (C=O) groups excluding carboxylic acids is 1. The number of halogens is 1. The van der Waals surface area contributed by atoms with Crippen molar-refractivity contribution in [3.8, 4) is 5.75 Å². The molecule has 0 aliphatic carbocycles. The zero-order valence-electron chi connectivity index (χ0n) is 8.47. The van der Waals surface area contributed by atoms with Gasteiger partial charge >= 0.3 is 0 Å². The molecule has 0 bridgehead atoms. The predicted molar refractivity (Wildman–Crippen MR) is 61.1 cm³/mol. The molecule has 0 fully saturated rings. The predicted octanol–water partition coefficient (Wildman–Crippen LogP) is 1.67. The van der Waals surface area contributed by atoms with Crippen molar-refractivity contribution < 1.29 is 9.53 Å². The third-order valence-electron chi connectivity index (χ3n) is 2.54. The summed E-state index contributed by atoms with van der Waals surface area (Å²) in [5, 5.41) is 2.85. The van der Waals surface area contributed by atoms with Gasteiger partial charge in [0, 0.05) is 6.54 Å². The van der Waals surface area contributed by atoms with Crippen LogP contribution in [0.3, 0.4) is 0 Å². The molecule has 1 amide bonds. The van der Waals surface area contributed by atoms with E-state index in [0.29, 0.717) is 13.0 Å². The lowest BCUT2D eigenvalue weighted by Crippen LogP contribution is -2.24. The molecule has 1 N–H and O–H groups in total. The molecule has 0 saturated carbocycles. The maximum absolute atomic E-state index is 11.4. The topological polar surface area (TPSA) is 38.3 Å². The van der Waals surface area contributed by atoms with Gasteiger partial charge in [-0.2, -0.15) is 0 Å². The monoisotopic (exact) mass is 269 g/mol. The third kappa shape index (κ3) is 2.15. The minimum atomic E-state index is 0.0816. The standard InChI is InChI=1S/C11H12BrNO2/c1-15-10-5-8-6-11(14)13-3-2-7(8)4-9(10)12/h4-5H,2-3,6H2,1H3,(H,13,14). The van der Waals surface area contributed by atoms with Crippen LogP contribution in [-0.2, 0) is 17.6 Å². The maximum atomic E-state index is 11.4. The van der Waals surface area contributed by atoms with E-state index in [2.05, 4.69) is 21.2 Å². The lowest BCUT2D eigenvalue weighted by atomic mass is 10.0. The highest BCUT2D eigenvalue weighted by Crippen LogP contribution is 2.29. The molecule has 1 aromatic rings. The van der Waals surface area contributed by atoms with Crippen LogP contribution in [0.1, 0.15) is 11.1 Å². The Morgan fingerprint density at radius 3 is 2.93 bits per heavy atom. The summed E-state index contributed by atoms with van der Waals surface area (Å²) >= 11 is 3.45. The largest absolute Gasteiger partial charge is 0.496 e. The quantitative estimate of drug-likeness (QED) is 0.843. The molecule has 1 aromatic carbocycles. The van der Waals surface area contributed by atoms with Crippen molar-refractivity contribution in [3.63, 3.8) is 0 Å². The minimum Gasteiger partial charge on any atom is -0.496 e. The Morgan fingerprint density at radius 1 is 1.40 bits per heavy atom. The molecule has 0 saturated heterocycles. The molecule has 1 aliphatic rings. The van der Waals surface area contributed by atoms with Gasteiger partial charge in [0.1, 0.15) is 5.75 Å². The smallest absolute Gasteiger partial charge is 0.224 e. The van der Waals surface area contributed by atoms with Crippen molar-refractivity contribution in [1.29, 1.82) is 0 Å². The van der Waals surface area contributed by atoms with Gasteiger partial charge in [-0.1, -0.05) is 0 Å². The Hall–Kier alpha value is -1.03. The molecule has 0 aromatic heterocycles. The summed E-state index contributed by atoms with van der Waals surface area (Å²) < 4.78 is 6.15. The number of carbonyl (C=O) groups is 1. The molecule has 1 aliphatic heterocycles. The first-order valence-corrected chi connectivity index (χ1v) is 5.62. The van der Waals surface area contributed by atoms with E-state index in [1.165, 1.54) is 5.56 Å². The Balaban J connectivity index is 2.44. The molecule has 4 heteroatoms. The third-order valence-corrected chi connectivity index (χ3v) is 3.16. The van der Waals surface area contributed by atoms with Crippen LogP contribution in [0, 0.1) is 0 Å². The lowest BCUT2D eigenvalue weighted by molar-refractivity contribution is -0.120. The Bertz CT molecular complexity index is 404. The van der Waals surface area contributed by atoms with Crippen LogP contribution in [0.25, 0.3) is 0 Å². The SMILES string of the molecule is COc1cc2c(cc1Br)CCNC(=O)C2. The molecule has 80 valence electrons. The maximum Gasteiger partial charge on any atom is 0.224 e. The Labute approximate surface area is 96.9 Å². The number of amides is 1. The molecular weight excluding hydrogens is 258 g/mol. The summed E-state index contributed by atoms with van der Waals surface area (Å²) in [4.78, 5) is 11.4. The van der Waals surface area contributed by atoms with Gasteiger partial charge in [0.25, 0.3) is 0 Å².